The highest BCUT2D eigenvalue weighted by Crippen LogP contribution is 2.16. The van der Waals surface area contributed by atoms with Crippen LogP contribution in [0.4, 0.5) is 5.95 Å². The summed E-state index contributed by atoms with van der Waals surface area (Å²) in [5.41, 5.74) is 1.70. The third kappa shape index (κ3) is 2.42. The summed E-state index contributed by atoms with van der Waals surface area (Å²) in [5, 5.41) is 5.45. The highest BCUT2D eigenvalue weighted by atomic mass is 16.2. The highest BCUT2D eigenvalue weighted by molar-refractivity contribution is 5.94. The van der Waals surface area contributed by atoms with E-state index in [-0.39, 0.29) is 17.7 Å². The molecule has 1 aliphatic rings. The van der Waals surface area contributed by atoms with Crippen LogP contribution in [0.1, 0.15) is 12.8 Å². The third-order valence-corrected chi connectivity index (χ3v) is 3.27. The first kappa shape index (κ1) is 11.7. The Morgan fingerprint density at radius 2 is 2.21 bits per heavy atom. The Hall–Kier alpha value is -2.37. The molecule has 6 nitrogen and oxygen atoms in total. The van der Waals surface area contributed by atoms with Gasteiger partial charge in [-0.2, -0.15) is 0 Å². The maximum absolute atomic E-state index is 12.0. The van der Waals surface area contributed by atoms with Gasteiger partial charge in [0.2, 0.25) is 17.8 Å². The number of rotatable bonds is 2. The molecular formula is C13H14N4O2. The molecule has 19 heavy (non-hydrogen) atoms. The van der Waals surface area contributed by atoms with Gasteiger partial charge in [0.25, 0.3) is 0 Å². The summed E-state index contributed by atoms with van der Waals surface area (Å²) in [7, 11) is 0. The van der Waals surface area contributed by atoms with Gasteiger partial charge in [-0.1, -0.05) is 12.1 Å². The van der Waals surface area contributed by atoms with Crippen LogP contribution in [0, 0.1) is 5.92 Å². The van der Waals surface area contributed by atoms with Gasteiger partial charge in [0.15, 0.2) is 0 Å². The number of fused-ring (bicyclic) bond motifs is 1. The summed E-state index contributed by atoms with van der Waals surface area (Å²) in [6.45, 7) is 0.394. The fourth-order valence-electron chi connectivity index (χ4n) is 2.19. The normalized spacial score (nSPS) is 19.2. The van der Waals surface area contributed by atoms with E-state index in [4.69, 9.17) is 0 Å². The number of hydrogen-bond acceptors (Lipinski definition) is 3. The van der Waals surface area contributed by atoms with E-state index in [0.29, 0.717) is 25.3 Å². The molecule has 1 aliphatic heterocycles. The van der Waals surface area contributed by atoms with Gasteiger partial charge in [0.05, 0.1) is 17.0 Å². The van der Waals surface area contributed by atoms with Crippen LogP contribution < -0.4 is 10.6 Å². The average molecular weight is 258 g/mol. The summed E-state index contributed by atoms with van der Waals surface area (Å²) in [6, 6.07) is 7.58. The van der Waals surface area contributed by atoms with Gasteiger partial charge in [-0.25, -0.2) is 4.98 Å². The van der Waals surface area contributed by atoms with Crippen molar-refractivity contribution in [3.05, 3.63) is 24.3 Å². The van der Waals surface area contributed by atoms with Crippen molar-refractivity contribution in [3.8, 4) is 0 Å². The number of benzene rings is 1. The molecule has 1 saturated heterocycles. The second-order valence-electron chi connectivity index (χ2n) is 4.63. The van der Waals surface area contributed by atoms with Crippen LogP contribution in [0.5, 0.6) is 0 Å². The summed E-state index contributed by atoms with van der Waals surface area (Å²) < 4.78 is 0. The minimum absolute atomic E-state index is 0.00721. The van der Waals surface area contributed by atoms with Crippen molar-refractivity contribution in [1.29, 1.82) is 0 Å². The van der Waals surface area contributed by atoms with Crippen LogP contribution in [-0.2, 0) is 9.59 Å². The number of hydrogen-bond donors (Lipinski definition) is 3. The number of amides is 2. The second-order valence-corrected chi connectivity index (χ2v) is 4.63. The first-order chi connectivity index (χ1) is 9.22. The number of carbonyl (C=O) groups excluding carboxylic acids is 2. The van der Waals surface area contributed by atoms with E-state index in [0.717, 1.165) is 11.0 Å². The Morgan fingerprint density at radius 1 is 1.37 bits per heavy atom. The van der Waals surface area contributed by atoms with Gasteiger partial charge in [-0.3, -0.25) is 14.9 Å². The number of H-pyrrole nitrogens is 1. The monoisotopic (exact) mass is 258 g/mol. The molecule has 3 N–H and O–H groups in total. The Kier molecular flexibility index (Phi) is 2.91. The molecule has 0 spiro atoms. The molecule has 3 rings (SSSR count). The van der Waals surface area contributed by atoms with Crippen LogP contribution in [0.15, 0.2) is 24.3 Å². The van der Waals surface area contributed by atoms with Crippen molar-refractivity contribution in [2.45, 2.75) is 12.8 Å². The molecule has 1 aromatic heterocycles. The standard InChI is InChI=1S/C13H14N4O2/c18-11-6-5-8(7-14-11)12(19)17-13-15-9-3-1-2-4-10(9)16-13/h1-4,8H,5-7H2,(H,14,18)(H2,15,16,17,19)/t8-/m1/s1. The zero-order valence-corrected chi connectivity index (χ0v) is 10.3. The number of carbonyl (C=O) groups is 2. The van der Waals surface area contributed by atoms with E-state index in [1.54, 1.807) is 0 Å². The van der Waals surface area contributed by atoms with Crippen LogP contribution in [0.25, 0.3) is 11.0 Å². The molecule has 2 heterocycles. The molecule has 2 amide bonds. The smallest absolute Gasteiger partial charge is 0.231 e. The van der Waals surface area contributed by atoms with Crippen LogP contribution >= 0.6 is 0 Å². The molecule has 0 unspecified atom stereocenters. The summed E-state index contributed by atoms with van der Waals surface area (Å²) >= 11 is 0. The topological polar surface area (TPSA) is 86.9 Å². The third-order valence-electron chi connectivity index (χ3n) is 3.27. The first-order valence-electron chi connectivity index (χ1n) is 6.25. The van der Waals surface area contributed by atoms with E-state index < -0.39 is 0 Å². The Labute approximate surface area is 109 Å². The Balaban J connectivity index is 1.70. The summed E-state index contributed by atoms with van der Waals surface area (Å²) in [6.07, 6.45) is 0.982. The zero-order chi connectivity index (χ0) is 13.2. The van der Waals surface area contributed by atoms with Crippen molar-refractivity contribution >= 4 is 28.8 Å². The molecule has 0 saturated carbocycles. The maximum Gasteiger partial charge on any atom is 0.231 e. The molecule has 0 bridgehead atoms. The second kappa shape index (κ2) is 4.72. The van der Waals surface area contributed by atoms with E-state index in [1.807, 2.05) is 24.3 Å². The minimum Gasteiger partial charge on any atom is -0.355 e. The number of imidazole rings is 1. The SMILES string of the molecule is O=C1CC[C@@H](C(=O)Nc2nc3ccccc3[nH]2)CN1. The summed E-state index contributed by atoms with van der Waals surface area (Å²) in [5.74, 6) is 0.154. The number of piperidine rings is 1. The van der Waals surface area contributed by atoms with Gasteiger partial charge >= 0.3 is 0 Å². The lowest BCUT2D eigenvalue weighted by atomic mass is 9.98. The lowest BCUT2D eigenvalue weighted by Gasteiger charge is -2.20. The number of para-hydroxylation sites is 2. The lowest BCUT2D eigenvalue weighted by Crippen LogP contribution is -2.40. The van der Waals surface area contributed by atoms with E-state index in [9.17, 15) is 9.59 Å². The fraction of sp³-hybridized carbons (Fsp3) is 0.308. The molecule has 0 radical (unpaired) electrons. The van der Waals surface area contributed by atoms with Crippen molar-refractivity contribution in [2.75, 3.05) is 11.9 Å². The van der Waals surface area contributed by atoms with Gasteiger partial charge in [-0.05, 0) is 18.6 Å². The van der Waals surface area contributed by atoms with Crippen molar-refractivity contribution in [3.63, 3.8) is 0 Å². The number of nitrogens with zero attached hydrogens (tertiary/aromatic N) is 1. The van der Waals surface area contributed by atoms with Gasteiger partial charge in [-0.15, -0.1) is 0 Å². The molecule has 1 fully saturated rings. The molecule has 6 heteroatoms. The van der Waals surface area contributed by atoms with Crippen molar-refractivity contribution < 1.29 is 9.59 Å². The van der Waals surface area contributed by atoms with E-state index in [1.165, 1.54) is 0 Å². The number of anilines is 1. The van der Waals surface area contributed by atoms with Crippen molar-refractivity contribution in [2.24, 2.45) is 5.92 Å². The number of nitrogens with one attached hydrogen (secondary N) is 3. The predicted molar refractivity (Wildman–Crippen MR) is 70.5 cm³/mol. The predicted octanol–water partition coefficient (Wildman–Crippen LogP) is 1.03. The van der Waals surface area contributed by atoms with E-state index in [2.05, 4.69) is 20.6 Å². The van der Waals surface area contributed by atoms with Gasteiger partial charge < -0.3 is 10.3 Å². The van der Waals surface area contributed by atoms with Crippen LogP contribution in [-0.4, -0.2) is 28.3 Å². The molecular weight excluding hydrogens is 244 g/mol. The molecule has 1 atom stereocenters. The van der Waals surface area contributed by atoms with Crippen LogP contribution in [0.3, 0.4) is 0 Å². The van der Waals surface area contributed by atoms with Gasteiger partial charge in [0, 0.05) is 13.0 Å². The van der Waals surface area contributed by atoms with Crippen LogP contribution in [0.2, 0.25) is 0 Å². The molecule has 0 aliphatic carbocycles. The summed E-state index contributed by atoms with van der Waals surface area (Å²) in [4.78, 5) is 30.4. The quantitative estimate of drug-likeness (QED) is 0.751. The Bertz CT molecular complexity index is 591. The van der Waals surface area contributed by atoms with E-state index >= 15 is 0 Å². The minimum atomic E-state index is -0.189. The maximum atomic E-state index is 12.0. The molecule has 1 aromatic carbocycles. The molecule has 98 valence electrons. The Morgan fingerprint density at radius 3 is 2.95 bits per heavy atom. The fourth-order valence-corrected chi connectivity index (χ4v) is 2.19. The largest absolute Gasteiger partial charge is 0.355 e. The zero-order valence-electron chi connectivity index (χ0n) is 10.3. The average Bonchev–Trinajstić information content (AvgIpc) is 2.81. The van der Waals surface area contributed by atoms with Crippen molar-refractivity contribution in [1.82, 2.24) is 15.3 Å². The lowest BCUT2D eigenvalue weighted by molar-refractivity contribution is -0.126. The highest BCUT2D eigenvalue weighted by Gasteiger charge is 2.24. The number of aromatic nitrogens is 2. The molecule has 2 aromatic rings. The first-order valence-corrected chi connectivity index (χ1v) is 6.25. The van der Waals surface area contributed by atoms with Gasteiger partial charge in [0.1, 0.15) is 0 Å². The number of aromatic amines is 1.